The number of carbonyl (C=O) groups excluding carboxylic acids is 2. The molecule has 0 radical (unpaired) electrons. The van der Waals surface area contributed by atoms with Gasteiger partial charge in [-0.3, -0.25) is 4.79 Å². The van der Waals surface area contributed by atoms with Crippen LogP contribution in [0.25, 0.3) is 0 Å². The minimum absolute atomic E-state index is 0.100. The fourth-order valence-corrected chi connectivity index (χ4v) is 1.29. The Morgan fingerprint density at radius 2 is 1.88 bits per heavy atom. The van der Waals surface area contributed by atoms with Crippen molar-refractivity contribution in [2.75, 3.05) is 5.32 Å². The van der Waals surface area contributed by atoms with Crippen LogP contribution in [-0.4, -0.2) is 11.9 Å². The third-order valence-electron chi connectivity index (χ3n) is 2.46. The summed E-state index contributed by atoms with van der Waals surface area (Å²) in [6, 6.07) is 5.49. The number of hydrogen-bond acceptors (Lipinski definition) is 3. The van der Waals surface area contributed by atoms with Crippen LogP contribution in [0.5, 0.6) is 0 Å². The normalized spacial score (nSPS) is 11.1. The first kappa shape index (κ1) is 13.0. The summed E-state index contributed by atoms with van der Waals surface area (Å²) < 4.78 is 0. The summed E-state index contributed by atoms with van der Waals surface area (Å²) in [7, 11) is 0. The lowest BCUT2D eigenvalue weighted by Crippen LogP contribution is -2.22. The Balaban J connectivity index is 2.81. The minimum atomic E-state index is -1.38. The predicted molar refractivity (Wildman–Crippen MR) is 63.3 cm³/mol. The lowest BCUT2D eigenvalue weighted by Gasteiger charge is -2.08. The van der Waals surface area contributed by atoms with Gasteiger partial charge in [0.25, 0.3) is 5.91 Å². The first-order valence-electron chi connectivity index (χ1n) is 5.18. The number of aliphatic carboxylic acids is 1. The van der Waals surface area contributed by atoms with Gasteiger partial charge in [-0.2, -0.15) is 0 Å². The molecule has 0 saturated carbocycles. The largest absolute Gasteiger partial charge is 0.545 e. The van der Waals surface area contributed by atoms with Crippen LogP contribution in [0, 0.1) is 13.8 Å². The Bertz CT molecular complexity index is 489. The Hall–Kier alpha value is -2.10. The molecule has 0 unspecified atom stereocenters. The van der Waals surface area contributed by atoms with E-state index in [4.69, 9.17) is 0 Å². The van der Waals surface area contributed by atoms with Crippen molar-refractivity contribution < 1.29 is 14.7 Å². The fraction of sp³-hybridized carbons (Fsp3) is 0.231. The van der Waals surface area contributed by atoms with E-state index in [0.29, 0.717) is 5.69 Å². The molecule has 0 atom stereocenters. The highest BCUT2D eigenvalue weighted by atomic mass is 16.4. The second-order valence-electron chi connectivity index (χ2n) is 3.90. The van der Waals surface area contributed by atoms with E-state index < -0.39 is 11.9 Å². The highest BCUT2D eigenvalue weighted by molar-refractivity contribution is 6.06. The van der Waals surface area contributed by atoms with Crippen LogP contribution in [0.4, 0.5) is 5.69 Å². The van der Waals surface area contributed by atoms with E-state index in [9.17, 15) is 14.7 Å². The van der Waals surface area contributed by atoms with Crippen molar-refractivity contribution in [3.05, 3.63) is 41.0 Å². The number of anilines is 1. The van der Waals surface area contributed by atoms with Gasteiger partial charge in [0, 0.05) is 11.3 Å². The Kier molecular flexibility index (Phi) is 4.04. The van der Waals surface area contributed by atoms with Crippen LogP contribution >= 0.6 is 0 Å². The topological polar surface area (TPSA) is 69.2 Å². The van der Waals surface area contributed by atoms with E-state index in [0.717, 1.165) is 17.2 Å². The maximum Gasteiger partial charge on any atom is 0.251 e. The number of benzene rings is 1. The van der Waals surface area contributed by atoms with Crippen LogP contribution in [-0.2, 0) is 9.59 Å². The van der Waals surface area contributed by atoms with E-state index in [2.05, 4.69) is 5.32 Å². The van der Waals surface area contributed by atoms with Crippen molar-refractivity contribution in [3.8, 4) is 0 Å². The third kappa shape index (κ3) is 3.75. The van der Waals surface area contributed by atoms with Crippen molar-refractivity contribution in [1.82, 2.24) is 0 Å². The van der Waals surface area contributed by atoms with Crippen LogP contribution < -0.4 is 10.4 Å². The molecule has 1 amide bonds. The Labute approximate surface area is 100.0 Å². The Morgan fingerprint density at radius 1 is 1.24 bits per heavy atom. The molecule has 1 aromatic carbocycles. The summed E-state index contributed by atoms with van der Waals surface area (Å²) in [5.41, 5.74) is 2.93. The second-order valence-corrected chi connectivity index (χ2v) is 3.90. The molecule has 4 heteroatoms. The van der Waals surface area contributed by atoms with Gasteiger partial charge >= 0.3 is 0 Å². The lowest BCUT2D eigenvalue weighted by molar-refractivity contribution is -0.297. The number of rotatable bonds is 3. The SMILES string of the molecule is C/C(=C/C(=O)[O-])C(=O)Nc1ccc(C)c(C)c1. The van der Waals surface area contributed by atoms with Gasteiger partial charge in [-0.15, -0.1) is 0 Å². The van der Waals surface area contributed by atoms with Gasteiger partial charge in [-0.1, -0.05) is 6.07 Å². The molecule has 0 aliphatic rings. The lowest BCUT2D eigenvalue weighted by atomic mass is 10.1. The molecule has 0 aliphatic heterocycles. The van der Waals surface area contributed by atoms with Gasteiger partial charge in [-0.25, -0.2) is 0 Å². The highest BCUT2D eigenvalue weighted by Gasteiger charge is 2.05. The molecule has 0 heterocycles. The molecule has 0 saturated heterocycles. The Morgan fingerprint density at radius 3 is 2.41 bits per heavy atom. The molecule has 4 nitrogen and oxygen atoms in total. The molecule has 1 rings (SSSR count). The average molecular weight is 232 g/mol. The maximum atomic E-state index is 11.6. The molecule has 90 valence electrons. The van der Waals surface area contributed by atoms with Gasteiger partial charge in [0.1, 0.15) is 0 Å². The molecule has 0 aromatic heterocycles. The number of nitrogens with one attached hydrogen (secondary N) is 1. The van der Waals surface area contributed by atoms with Gasteiger partial charge in [0.05, 0.1) is 5.97 Å². The van der Waals surface area contributed by atoms with Crippen LogP contribution in [0.2, 0.25) is 0 Å². The van der Waals surface area contributed by atoms with Crippen LogP contribution in [0.15, 0.2) is 29.8 Å². The molecule has 1 N–H and O–H groups in total. The minimum Gasteiger partial charge on any atom is -0.545 e. The number of carbonyl (C=O) groups is 2. The van der Waals surface area contributed by atoms with Crippen LogP contribution in [0.3, 0.4) is 0 Å². The zero-order valence-electron chi connectivity index (χ0n) is 10.0. The second kappa shape index (κ2) is 5.30. The fourth-order valence-electron chi connectivity index (χ4n) is 1.29. The van der Waals surface area contributed by atoms with E-state index in [1.54, 1.807) is 6.07 Å². The van der Waals surface area contributed by atoms with Crippen molar-refractivity contribution >= 4 is 17.6 Å². The van der Waals surface area contributed by atoms with Crippen molar-refractivity contribution in [2.45, 2.75) is 20.8 Å². The molecule has 1 aromatic rings. The zero-order chi connectivity index (χ0) is 13.0. The summed E-state index contributed by atoms with van der Waals surface area (Å²) in [6.07, 6.45) is 0.774. The van der Waals surface area contributed by atoms with E-state index >= 15 is 0 Å². The van der Waals surface area contributed by atoms with Gasteiger partial charge in [0.2, 0.25) is 0 Å². The summed E-state index contributed by atoms with van der Waals surface area (Å²) in [5, 5.41) is 12.9. The molecular weight excluding hydrogens is 218 g/mol. The monoisotopic (exact) mass is 232 g/mol. The predicted octanol–water partition coefficient (Wildman–Crippen LogP) is 0.938. The molecule has 0 fully saturated rings. The van der Waals surface area contributed by atoms with Gasteiger partial charge < -0.3 is 15.2 Å². The third-order valence-corrected chi connectivity index (χ3v) is 2.46. The van der Waals surface area contributed by atoms with Gasteiger partial charge in [0.15, 0.2) is 0 Å². The number of aryl methyl sites for hydroxylation is 2. The van der Waals surface area contributed by atoms with E-state index in [-0.39, 0.29) is 5.57 Å². The summed E-state index contributed by atoms with van der Waals surface area (Å²) in [4.78, 5) is 21.9. The highest BCUT2D eigenvalue weighted by Crippen LogP contribution is 2.14. The number of hydrogen-bond donors (Lipinski definition) is 1. The zero-order valence-corrected chi connectivity index (χ0v) is 10.0. The smallest absolute Gasteiger partial charge is 0.251 e. The molecule has 0 spiro atoms. The molecule has 0 aliphatic carbocycles. The molecule has 0 bridgehead atoms. The maximum absolute atomic E-state index is 11.6. The number of amides is 1. The number of carboxylic acids is 1. The van der Waals surface area contributed by atoms with E-state index in [1.807, 2.05) is 26.0 Å². The first-order chi connectivity index (χ1) is 7.90. The van der Waals surface area contributed by atoms with Crippen LogP contribution in [0.1, 0.15) is 18.1 Å². The first-order valence-corrected chi connectivity index (χ1v) is 5.18. The standard InChI is InChI=1S/C13H15NO3/c1-8-4-5-11(6-9(8)2)14-13(17)10(3)7-12(15)16/h4-7H,1-3H3,(H,14,17)(H,15,16)/p-1/b10-7-. The summed E-state index contributed by atoms with van der Waals surface area (Å²) in [6.45, 7) is 5.34. The van der Waals surface area contributed by atoms with Crippen molar-refractivity contribution in [2.24, 2.45) is 0 Å². The van der Waals surface area contributed by atoms with Crippen molar-refractivity contribution in [1.29, 1.82) is 0 Å². The van der Waals surface area contributed by atoms with Gasteiger partial charge in [-0.05, 0) is 50.1 Å². The number of carboxylic acid groups (broad SMARTS) is 1. The quantitative estimate of drug-likeness (QED) is 0.788. The molecular formula is C13H14NO3-. The summed E-state index contributed by atoms with van der Waals surface area (Å²) >= 11 is 0. The van der Waals surface area contributed by atoms with Crippen molar-refractivity contribution in [3.63, 3.8) is 0 Å². The van der Waals surface area contributed by atoms with E-state index in [1.165, 1.54) is 6.92 Å². The summed E-state index contributed by atoms with van der Waals surface area (Å²) in [5.74, 6) is -1.82. The average Bonchev–Trinajstić information content (AvgIpc) is 2.22. The molecule has 17 heavy (non-hydrogen) atoms.